The lowest BCUT2D eigenvalue weighted by Crippen LogP contribution is -2.33. The molecule has 15 heavy (non-hydrogen) atoms. The molecule has 0 saturated heterocycles. The van der Waals surface area contributed by atoms with Crippen molar-refractivity contribution in [3.8, 4) is 0 Å². The number of carboxylic acids is 1. The zero-order chi connectivity index (χ0) is 11.4. The maximum atomic E-state index is 11.6. The summed E-state index contributed by atoms with van der Waals surface area (Å²) in [5.74, 6) is -4.09. The van der Waals surface area contributed by atoms with Gasteiger partial charge in [-0.25, -0.2) is 4.79 Å². The fourth-order valence-electron chi connectivity index (χ4n) is 1.47. The third-order valence-electron chi connectivity index (χ3n) is 2.17. The summed E-state index contributed by atoms with van der Waals surface area (Å²) in [6.07, 6.45) is 2.34. The summed E-state index contributed by atoms with van der Waals surface area (Å²) < 4.78 is 5.02. The smallest absolute Gasteiger partial charge is 0.372 e. The summed E-state index contributed by atoms with van der Waals surface area (Å²) in [5.41, 5.74) is 0. The van der Waals surface area contributed by atoms with E-state index in [1.807, 2.05) is 0 Å². The normalized spacial score (nSPS) is 20.7. The molecule has 0 spiro atoms. The number of ketones is 2. The first kappa shape index (κ1) is 11.4. The second-order valence-electron chi connectivity index (χ2n) is 3.16. The molecular weight excluding hydrogens is 200 g/mol. The van der Waals surface area contributed by atoms with Gasteiger partial charge in [0, 0.05) is 0 Å². The highest BCUT2D eigenvalue weighted by Gasteiger charge is 2.35. The van der Waals surface area contributed by atoms with Crippen LogP contribution in [0.3, 0.4) is 0 Å². The molecule has 1 aliphatic carbocycles. The minimum absolute atomic E-state index is 0.114. The van der Waals surface area contributed by atoms with Crippen LogP contribution in [0.1, 0.15) is 19.8 Å². The van der Waals surface area contributed by atoms with Gasteiger partial charge in [0.1, 0.15) is 0 Å². The quantitative estimate of drug-likeness (QED) is 0.543. The first-order valence-corrected chi connectivity index (χ1v) is 4.72. The largest absolute Gasteiger partial charge is 0.490 e. The number of Topliss-reactive ketones (excluding diaryl/α,β-unsaturated/α-hetero) is 2. The Morgan fingerprint density at radius 3 is 2.80 bits per heavy atom. The molecule has 5 nitrogen and oxygen atoms in total. The van der Waals surface area contributed by atoms with Gasteiger partial charge in [0.25, 0.3) is 5.78 Å². The van der Waals surface area contributed by atoms with Gasteiger partial charge in [-0.05, 0) is 25.8 Å². The number of ether oxygens (including phenoxy) is 1. The fourth-order valence-corrected chi connectivity index (χ4v) is 1.47. The van der Waals surface area contributed by atoms with Crippen molar-refractivity contribution in [1.29, 1.82) is 0 Å². The molecule has 1 rings (SSSR count). The van der Waals surface area contributed by atoms with Gasteiger partial charge < -0.3 is 9.84 Å². The zero-order valence-corrected chi connectivity index (χ0v) is 8.36. The van der Waals surface area contributed by atoms with Crippen LogP contribution in [-0.4, -0.2) is 29.2 Å². The van der Waals surface area contributed by atoms with Crippen LogP contribution in [0.25, 0.3) is 0 Å². The van der Waals surface area contributed by atoms with E-state index < -0.39 is 23.5 Å². The Balaban J connectivity index is 2.80. The van der Waals surface area contributed by atoms with Crippen molar-refractivity contribution in [1.82, 2.24) is 0 Å². The van der Waals surface area contributed by atoms with Gasteiger partial charge in [0.2, 0.25) is 5.78 Å². The molecule has 1 aliphatic rings. The van der Waals surface area contributed by atoms with Crippen LogP contribution in [0, 0.1) is 5.92 Å². The molecule has 0 amide bonds. The number of rotatable bonds is 4. The first-order valence-electron chi connectivity index (χ1n) is 4.72. The van der Waals surface area contributed by atoms with Gasteiger partial charge in [-0.3, -0.25) is 9.59 Å². The van der Waals surface area contributed by atoms with Crippen LogP contribution in [0.4, 0.5) is 0 Å². The highest BCUT2D eigenvalue weighted by Crippen LogP contribution is 2.22. The van der Waals surface area contributed by atoms with Crippen molar-refractivity contribution in [3.05, 3.63) is 11.8 Å². The molecule has 0 aromatic rings. The van der Waals surface area contributed by atoms with E-state index in [1.165, 1.54) is 0 Å². The lowest BCUT2D eigenvalue weighted by atomic mass is 9.88. The molecule has 0 fully saturated rings. The fraction of sp³-hybridized carbons (Fsp3) is 0.500. The number of carboxylic acid groups (broad SMARTS) is 1. The van der Waals surface area contributed by atoms with E-state index >= 15 is 0 Å². The Labute approximate surface area is 86.7 Å². The second kappa shape index (κ2) is 4.72. The predicted molar refractivity (Wildman–Crippen MR) is 50.1 cm³/mol. The van der Waals surface area contributed by atoms with E-state index in [0.717, 1.165) is 0 Å². The maximum Gasteiger partial charge on any atom is 0.372 e. The Bertz CT molecular complexity index is 329. The molecule has 0 heterocycles. The third kappa shape index (κ3) is 2.43. The monoisotopic (exact) mass is 212 g/mol. The number of carbonyl (C=O) groups excluding carboxylic acids is 2. The van der Waals surface area contributed by atoms with E-state index in [9.17, 15) is 14.4 Å². The van der Waals surface area contributed by atoms with Crippen molar-refractivity contribution in [2.45, 2.75) is 19.8 Å². The molecule has 0 bridgehead atoms. The average molecular weight is 212 g/mol. The Kier molecular flexibility index (Phi) is 3.60. The third-order valence-corrected chi connectivity index (χ3v) is 2.17. The van der Waals surface area contributed by atoms with Gasteiger partial charge >= 0.3 is 5.97 Å². The molecule has 5 heteroatoms. The molecular formula is C10H12O5. The number of hydrogen-bond donors (Lipinski definition) is 1. The minimum atomic E-state index is -1.56. The van der Waals surface area contributed by atoms with Crippen molar-refractivity contribution in [2.75, 3.05) is 6.61 Å². The average Bonchev–Trinajstić information content (AvgIpc) is 2.20. The molecule has 0 aromatic carbocycles. The summed E-state index contributed by atoms with van der Waals surface area (Å²) in [6, 6.07) is 0. The van der Waals surface area contributed by atoms with E-state index in [0.29, 0.717) is 13.0 Å². The first-order chi connectivity index (χ1) is 7.07. The lowest BCUT2D eigenvalue weighted by Gasteiger charge is -2.18. The van der Waals surface area contributed by atoms with E-state index in [1.54, 1.807) is 13.0 Å². The van der Waals surface area contributed by atoms with Crippen molar-refractivity contribution in [2.24, 2.45) is 5.92 Å². The summed E-state index contributed by atoms with van der Waals surface area (Å²) in [4.78, 5) is 33.2. The summed E-state index contributed by atoms with van der Waals surface area (Å²) in [5, 5.41) is 8.51. The zero-order valence-electron chi connectivity index (χ0n) is 8.36. The highest BCUT2D eigenvalue weighted by atomic mass is 16.5. The Hall–Kier alpha value is -1.65. The van der Waals surface area contributed by atoms with Crippen LogP contribution < -0.4 is 0 Å². The van der Waals surface area contributed by atoms with Gasteiger partial charge in [0.15, 0.2) is 5.76 Å². The number of hydrogen-bond acceptors (Lipinski definition) is 4. The van der Waals surface area contributed by atoms with Crippen LogP contribution in [0.2, 0.25) is 0 Å². The molecule has 1 unspecified atom stereocenters. The van der Waals surface area contributed by atoms with Crippen molar-refractivity contribution < 1.29 is 24.2 Å². The maximum absolute atomic E-state index is 11.6. The molecule has 82 valence electrons. The van der Waals surface area contributed by atoms with Crippen LogP contribution in [0.15, 0.2) is 11.8 Å². The van der Waals surface area contributed by atoms with E-state index in [-0.39, 0.29) is 12.2 Å². The second-order valence-corrected chi connectivity index (χ2v) is 3.16. The molecule has 0 saturated carbocycles. The molecule has 1 atom stereocenters. The summed E-state index contributed by atoms with van der Waals surface area (Å²) >= 11 is 0. The lowest BCUT2D eigenvalue weighted by molar-refractivity contribution is -0.153. The SMILES string of the molecule is CCOC1=CCCC(C(=O)C(=O)O)C1=O. The number of carbonyl (C=O) groups is 3. The van der Waals surface area contributed by atoms with Crippen LogP contribution in [-0.2, 0) is 19.1 Å². The molecule has 1 N–H and O–H groups in total. The number of aliphatic carboxylic acids is 1. The van der Waals surface area contributed by atoms with Gasteiger partial charge in [0.05, 0.1) is 12.5 Å². The van der Waals surface area contributed by atoms with Crippen molar-refractivity contribution in [3.63, 3.8) is 0 Å². The highest BCUT2D eigenvalue weighted by molar-refractivity contribution is 6.38. The topological polar surface area (TPSA) is 80.7 Å². The summed E-state index contributed by atoms with van der Waals surface area (Å²) in [7, 11) is 0. The molecule has 0 aliphatic heterocycles. The van der Waals surface area contributed by atoms with Crippen LogP contribution >= 0.6 is 0 Å². The minimum Gasteiger partial charge on any atom is -0.490 e. The molecule has 0 radical (unpaired) electrons. The summed E-state index contributed by atoms with van der Waals surface area (Å²) in [6.45, 7) is 2.04. The van der Waals surface area contributed by atoms with Crippen molar-refractivity contribution >= 4 is 17.5 Å². The van der Waals surface area contributed by atoms with E-state index in [4.69, 9.17) is 9.84 Å². The van der Waals surface area contributed by atoms with Gasteiger partial charge in [-0.2, -0.15) is 0 Å². The van der Waals surface area contributed by atoms with E-state index in [2.05, 4.69) is 0 Å². The predicted octanol–water partition coefficient (Wildman–Crippen LogP) is 0.540. The van der Waals surface area contributed by atoms with Gasteiger partial charge in [-0.15, -0.1) is 0 Å². The standard InChI is InChI=1S/C10H12O5/c1-2-15-7-5-3-4-6(8(7)11)9(12)10(13)14/h5-6H,2-4H2,1H3,(H,13,14). The Morgan fingerprint density at radius 1 is 1.60 bits per heavy atom. The number of allylic oxidation sites excluding steroid dienone is 2. The molecule has 0 aromatic heterocycles. The van der Waals surface area contributed by atoms with Crippen LogP contribution in [0.5, 0.6) is 0 Å². The van der Waals surface area contributed by atoms with Gasteiger partial charge in [-0.1, -0.05) is 0 Å². The Morgan fingerprint density at radius 2 is 2.27 bits per heavy atom.